The second-order valence-corrected chi connectivity index (χ2v) is 17.2. The first-order valence-electron chi connectivity index (χ1n) is 21.2. The van der Waals surface area contributed by atoms with E-state index in [0.29, 0.717) is 0 Å². The van der Waals surface area contributed by atoms with Crippen LogP contribution in [0, 0.1) is 0 Å². The molecule has 62 heavy (non-hydrogen) atoms. The van der Waals surface area contributed by atoms with E-state index in [0.717, 1.165) is 17.1 Å². The van der Waals surface area contributed by atoms with Crippen LogP contribution in [0.3, 0.4) is 0 Å². The molecule has 0 aliphatic heterocycles. The van der Waals surface area contributed by atoms with Gasteiger partial charge in [-0.2, -0.15) is 0 Å². The number of benzene rings is 11. The lowest BCUT2D eigenvalue weighted by molar-refractivity contribution is 1.28. The predicted molar refractivity (Wildman–Crippen MR) is 268 cm³/mol. The van der Waals surface area contributed by atoms with Crippen molar-refractivity contribution in [1.82, 2.24) is 0 Å². The molecule has 2 heteroatoms. The number of anilines is 3. The molecule has 0 aliphatic carbocycles. The van der Waals surface area contributed by atoms with Gasteiger partial charge in [0.2, 0.25) is 0 Å². The van der Waals surface area contributed by atoms with E-state index < -0.39 is 0 Å². The highest BCUT2D eigenvalue weighted by atomic mass is 32.1. The van der Waals surface area contributed by atoms with Gasteiger partial charge in [0.25, 0.3) is 0 Å². The number of fused-ring (bicyclic) bond motifs is 7. The highest BCUT2D eigenvalue weighted by molar-refractivity contribution is 7.25. The minimum atomic E-state index is 1.09. The van der Waals surface area contributed by atoms with Crippen LogP contribution in [0.4, 0.5) is 17.1 Å². The largest absolute Gasteiger partial charge is 0.310 e. The van der Waals surface area contributed by atoms with Crippen LogP contribution in [0.1, 0.15) is 0 Å². The molecule has 0 saturated heterocycles. The average Bonchev–Trinajstić information content (AvgIpc) is 3.72. The Morgan fingerprint density at radius 2 is 0.774 bits per heavy atom. The SMILES string of the molecule is c1cc(-c2ccccc2N(c2ccc(-c3ccc4c(ccc5ccccc54)c3)cc2)c2ccc(-c3ccc4sc5ccccc5c4c3)cc2)cc(-c2cccc3ccccc23)c1. The number of hydrogen-bond donors (Lipinski definition) is 0. The van der Waals surface area contributed by atoms with E-state index in [4.69, 9.17) is 0 Å². The number of hydrogen-bond acceptors (Lipinski definition) is 2. The summed E-state index contributed by atoms with van der Waals surface area (Å²) >= 11 is 1.86. The molecule has 0 N–H and O–H groups in total. The molecule has 0 bridgehead atoms. The zero-order valence-corrected chi connectivity index (χ0v) is 34.7. The Bertz CT molecular complexity index is 3630. The quantitative estimate of drug-likeness (QED) is 0.145. The van der Waals surface area contributed by atoms with E-state index in [1.54, 1.807) is 0 Å². The second kappa shape index (κ2) is 15.0. The molecule has 0 amide bonds. The van der Waals surface area contributed by atoms with Gasteiger partial charge in [-0.25, -0.2) is 0 Å². The molecule has 12 rings (SSSR count). The third kappa shape index (κ3) is 6.32. The minimum Gasteiger partial charge on any atom is -0.310 e. The first kappa shape index (κ1) is 36.1. The summed E-state index contributed by atoms with van der Waals surface area (Å²) in [7, 11) is 0. The van der Waals surface area contributed by atoms with E-state index in [1.165, 1.54) is 97.0 Å². The lowest BCUT2D eigenvalue weighted by Gasteiger charge is -2.28. The predicted octanol–water partition coefficient (Wildman–Crippen LogP) is 17.7. The van der Waals surface area contributed by atoms with Crippen molar-refractivity contribution < 1.29 is 0 Å². The van der Waals surface area contributed by atoms with Crippen molar-refractivity contribution >= 4 is 80.9 Å². The highest BCUT2D eigenvalue weighted by Crippen LogP contribution is 2.44. The summed E-state index contributed by atoms with van der Waals surface area (Å²) in [5.41, 5.74) is 12.9. The molecule has 0 radical (unpaired) electrons. The molecule has 1 aromatic heterocycles. The maximum atomic E-state index is 2.41. The van der Waals surface area contributed by atoms with Gasteiger partial charge in [-0.15, -0.1) is 11.3 Å². The second-order valence-electron chi connectivity index (χ2n) is 16.1. The van der Waals surface area contributed by atoms with Gasteiger partial charge in [0.15, 0.2) is 0 Å². The van der Waals surface area contributed by atoms with Gasteiger partial charge in [0.1, 0.15) is 0 Å². The van der Waals surface area contributed by atoms with Gasteiger partial charge in [-0.1, -0.05) is 176 Å². The summed E-state index contributed by atoms with van der Waals surface area (Å²) in [4.78, 5) is 2.41. The normalized spacial score (nSPS) is 11.5. The Kier molecular flexibility index (Phi) is 8.76. The summed E-state index contributed by atoms with van der Waals surface area (Å²) in [6.07, 6.45) is 0. The molecule has 12 aromatic rings. The van der Waals surface area contributed by atoms with Crippen molar-refractivity contribution in [3.8, 4) is 44.5 Å². The smallest absolute Gasteiger partial charge is 0.0540 e. The van der Waals surface area contributed by atoms with Crippen molar-refractivity contribution in [1.29, 1.82) is 0 Å². The number of nitrogens with zero attached hydrogens (tertiary/aromatic N) is 1. The van der Waals surface area contributed by atoms with Gasteiger partial charge in [-0.05, 0) is 132 Å². The zero-order valence-electron chi connectivity index (χ0n) is 33.9. The summed E-state index contributed by atoms with van der Waals surface area (Å²) in [5, 5.41) is 10.2. The van der Waals surface area contributed by atoms with Crippen LogP contribution >= 0.6 is 11.3 Å². The third-order valence-corrected chi connectivity index (χ3v) is 13.6. The highest BCUT2D eigenvalue weighted by Gasteiger charge is 2.19. The van der Waals surface area contributed by atoms with Gasteiger partial charge in [0, 0.05) is 37.1 Å². The fourth-order valence-corrected chi connectivity index (χ4v) is 10.5. The Balaban J connectivity index is 0.964. The van der Waals surface area contributed by atoms with Crippen LogP contribution in [-0.2, 0) is 0 Å². The maximum Gasteiger partial charge on any atom is 0.0540 e. The lowest BCUT2D eigenvalue weighted by Crippen LogP contribution is -2.11. The monoisotopic (exact) mass is 805 g/mol. The number of rotatable bonds is 7. The van der Waals surface area contributed by atoms with E-state index in [-0.39, 0.29) is 0 Å². The summed E-state index contributed by atoms with van der Waals surface area (Å²) in [6, 6.07) is 86.8. The maximum absolute atomic E-state index is 2.41. The van der Waals surface area contributed by atoms with Crippen LogP contribution in [0.15, 0.2) is 237 Å². The van der Waals surface area contributed by atoms with Crippen molar-refractivity contribution in [2.75, 3.05) is 4.90 Å². The lowest BCUT2D eigenvalue weighted by atomic mass is 9.94. The van der Waals surface area contributed by atoms with Crippen molar-refractivity contribution in [3.63, 3.8) is 0 Å². The summed E-state index contributed by atoms with van der Waals surface area (Å²) in [6.45, 7) is 0. The third-order valence-electron chi connectivity index (χ3n) is 12.5. The molecule has 0 saturated carbocycles. The molecule has 1 heterocycles. The van der Waals surface area contributed by atoms with Crippen LogP contribution < -0.4 is 4.90 Å². The van der Waals surface area contributed by atoms with Gasteiger partial charge in [0.05, 0.1) is 5.69 Å². The first-order chi connectivity index (χ1) is 30.7. The van der Waals surface area contributed by atoms with Gasteiger partial charge < -0.3 is 4.90 Å². The average molecular weight is 806 g/mol. The van der Waals surface area contributed by atoms with E-state index >= 15 is 0 Å². The standard InChI is InChI=1S/C60H39NS/c1-3-16-51-42(11-1)13-10-20-53(51)46-14-9-15-47(38-46)55-18-5-7-21-58(55)61(50-33-27-41(28-34-50)45-30-36-60-57(39-45)56-19-6-8-22-59(56)62-60)49-31-25-40(26-32-49)44-29-35-54-48(37-44)24-23-43-12-2-4-17-52(43)54/h1-39H. The molecule has 0 atom stereocenters. The molecule has 0 aliphatic rings. The van der Waals surface area contributed by atoms with Crippen LogP contribution in [0.5, 0.6) is 0 Å². The fraction of sp³-hybridized carbons (Fsp3) is 0. The summed E-state index contributed by atoms with van der Waals surface area (Å²) in [5.74, 6) is 0. The topological polar surface area (TPSA) is 3.24 Å². The molecule has 0 unspecified atom stereocenters. The molecule has 11 aromatic carbocycles. The Morgan fingerprint density at radius 3 is 1.56 bits per heavy atom. The van der Waals surface area contributed by atoms with E-state index in [1.807, 2.05) is 11.3 Å². The Labute approximate surface area is 365 Å². The van der Waals surface area contributed by atoms with Crippen molar-refractivity contribution in [3.05, 3.63) is 237 Å². The number of para-hydroxylation sites is 1. The molecule has 290 valence electrons. The Hall–Kier alpha value is -7.78. The van der Waals surface area contributed by atoms with Crippen LogP contribution in [0.2, 0.25) is 0 Å². The van der Waals surface area contributed by atoms with Crippen LogP contribution in [-0.4, -0.2) is 0 Å². The molecule has 0 spiro atoms. The number of thiophene rings is 1. The zero-order chi connectivity index (χ0) is 41.0. The minimum absolute atomic E-state index is 1.09. The van der Waals surface area contributed by atoms with Gasteiger partial charge >= 0.3 is 0 Å². The molecular formula is C60H39NS. The van der Waals surface area contributed by atoms with Crippen molar-refractivity contribution in [2.24, 2.45) is 0 Å². The first-order valence-corrected chi connectivity index (χ1v) is 22.0. The fourth-order valence-electron chi connectivity index (χ4n) is 9.38. The molecule has 0 fully saturated rings. The molecular weight excluding hydrogens is 767 g/mol. The Morgan fingerprint density at radius 1 is 0.258 bits per heavy atom. The summed E-state index contributed by atoms with van der Waals surface area (Å²) < 4.78 is 2.65. The van der Waals surface area contributed by atoms with Crippen LogP contribution in [0.25, 0.3) is 97.0 Å². The van der Waals surface area contributed by atoms with Gasteiger partial charge in [-0.3, -0.25) is 0 Å². The van der Waals surface area contributed by atoms with E-state index in [2.05, 4.69) is 241 Å². The molecule has 1 nitrogen and oxygen atoms in total. The van der Waals surface area contributed by atoms with Crippen molar-refractivity contribution in [2.45, 2.75) is 0 Å². The van der Waals surface area contributed by atoms with E-state index in [9.17, 15) is 0 Å².